The topological polar surface area (TPSA) is 159 Å². The van der Waals surface area contributed by atoms with Gasteiger partial charge in [-0.15, -0.1) is 22.1 Å². The summed E-state index contributed by atoms with van der Waals surface area (Å²) in [7, 11) is 17.0. The van der Waals surface area contributed by atoms with Gasteiger partial charge < -0.3 is 46.8 Å². The largest absolute Gasteiger partial charge is 2.00 e. The van der Waals surface area contributed by atoms with Gasteiger partial charge in [0.2, 0.25) is 0 Å². The maximum absolute atomic E-state index is 12.3. The van der Waals surface area contributed by atoms with Crippen LogP contribution in [0.1, 0.15) is 72.7 Å². The van der Waals surface area contributed by atoms with Gasteiger partial charge in [-0.3, -0.25) is 0 Å². The molecule has 16 nitrogen and oxygen atoms in total. The summed E-state index contributed by atoms with van der Waals surface area (Å²) in [6, 6.07) is 42.6. The molecule has 9 rings (SSSR count). The van der Waals surface area contributed by atoms with Gasteiger partial charge in [-0.25, -0.2) is 29.1 Å². The number of aromatic nitrogens is 4. The molecule has 2 aliphatic heterocycles. The van der Waals surface area contributed by atoms with Crippen molar-refractivity contribution in [1.82, 2.24) is 19.9 Å². The van der Waals surface area contributed by atoms with Crippen molar-refractivity contribution in [2.45, 2.75) is 53.9 Å². The van der Waals surface area contributed by atoms with Crippen LogP contribution in [0.3, 0.4) is 0 Å². The Morgan fingerprint density at radius 1 is 0.330 bits per heavy atom. The van der Waals surface area contributed by atoms with Crippen LogP contribution in [0, 0.1) is 0 Å². The molecule has 3 aromatic heterocycles. The summed E-state index contributed by atoms with van der Waals surface area (Å²) >= 11 is 0. The molecule has 17 heteroatoms. The second-order valence-electron chi connectivity index (χ2n) is 28.1. The maximum Gasteiger partial charge on any atom is 2.00 e. The number of carbonyl (C=O) groups is 4. The summed E-state index contributed by atoms with van der Waals surface area (Å²) < 4.78 is 24.3. The summed E-state index contributed by atoms with van der Waals surface area (Å²) in [5.74, 6) is -1.57. The molecule has 2 aliphatic rings. The second-order valence-corrected chi connectivity index (χ2v) is 28.1. The molecule has 4 aromatic carbocycles. The fraction of sp³-hybridized carbons (Fsp3) is 0.300. The molecule has 1 radical (unpaired) electrons. The number of carbonyl (C=O) groups excluding carboxylic acids is 4. The van der Waals surface area contributed by atoms with Gasteiger partial charge in [-0.1, -0.05) is 148 Å². The number of hydrogen-bond donors (Lipinski definition) is 0. The number of ether oxygens (including phenoxy) is 4. The summed E-state index contributed by atoms with van der Waals surface area (Å²) in [6.07, 6.45) is 8.29. The minimum Gasteiger partial charge on any atom is -0.657 e. The van der Waals surface area contributed by atoms with E-state index < -0.39 is 23.9 Å². The predicted molar refractivity (Wildman–Crippen MR) is 384 cm³/mol. The van der Waals surface area contributed by atoms with Gasteiger partial charge in [-0.2, -0.15) is 0 Å². The Hall–Kier alpha value is -9.32. The van der Waals surface area contributed by atoms with Crippen molar-refractivity contribution in [3.63, 3.8) is 0 Å². The Bertz CT molecular complexity index is 3830. The molecular weight excluding hydrogens is 1260 g/mol. The minimum absolute atomic E-state index is 0. The van der Waals surface area contributed by atoms with Gasteiger partial charge in [0.25, 0.3) is 0 Å². The van der Waals surface area contributed by atoms with Crippen LogP contribution in [0.15, 0.2) is 170 Å². The van der Waals surface area contributed by atoms with Crippen LogP contribution in [-0.4, -0.2) is 161 Å². The SMILES string of the molecule is C=C(C)C(=O)OCC[N+](C)(C)Cc1ccc(-c2c3nc(c(-c4ccc(C[N+](C)(C)CCOC(=O)C(=C)C)cc4)c4ccc([n-]4)c(-c4ccc(C[N+](C)(C)CCOC(=O)C(=C)C)cc4)c4nc(c(-c5ccc(C[N+](C)(C)CCOC(=O)C(=C)C)cc5)c5ccc2[n-]5)C=C4)C=C3)cc1.[Cu+2]. The second kappa shape index (κ2) is 31.3. The number of benzene rings is 4. The summed E-state index contributed by atoms with van der Waals surface area (Å²) in [5, 5.41) is 0. The van der Waals surface area contributed by atoms with E-state index in [9.17, 15) is 19.2 Å². The molecule has 0 unspecified atom stereocenters. The number of likely N-dealkylation sites (N-methyl/N-ethyl adjacent to an activating group) is 4. The smallest absolute Gasteiger partial charge is 0.657 e. The zero-order chi connectivity index (χ0) is 69.3. The summed E-state index contributed by atoms with van der Waals surface area (Å²) in [4.78, 5) is 71.3. The Labute approximate surface area is 582 Å². The fourth-order valence-electron chi connectivity index (χ4n) is 11.7. The van der Waals surface area contributed by atoms with Crippen molar-refractivity contribution >= 4 is 70.2 Å². The molecule has 0 saturated carbocycles. The number of hydrogen-bond acceptors (Lipinski definition) is 10. The van der Waals surface area contributed by atoms with Crippen molar-refractivity contribution in [2.75, 3.05) is 109 Å². The quantitative estimate of drug-likeness (QED) is 0.0150. The first kappa shape index (κ1) is 73.5. The van der Waals surface area contributed by atoms with E-state index in [0.717, 1.165) is 112 Å². The number of quaternary nitrogens is 4. The average Bonchev–Trinajstić information content (AvgIpc) is 1.63. The number of rotatable bonds is 28. The molecule has 97 heavy (non-hydrogen) atoms. The molecule has 0 N–H and O–H groups in total. The molecule has 0 saturated heterocycles. The van der Waals surface area contributed by atoms with E-state index in [0.29, 0.717) is 92.6 Å². The molecule has 0 aliphatic carbocycles. The van der Waals surface area contributed by atoms with E-state index >= 15 is 0 Å². The zero-order valence-corrected chi connectivity index (χ0v) is 59.3. The van der Waals surface area contributed by atoms with Crippen LogP contribution in [0.4, 0.5) is 0 Å². The van der Waals surface area contributed by atoms with E-state index in [1.165, 1.54) is 0 Å². The van der Waals surface area contributed by atoms with Crippen molar-refractivity contribution < 1.29 is 73.1 Å². The predicted octanol–water partition coefficient (Wildman–Crippen LogP) is 13.4. The maximum atomic E-state index is 12.3. The van der Waals surface area contributed by atoms with E-state index in [-0.39, 0.29) is 43.5 Å². The number of nitrogens with zero attached hydrogens (tertiary/aromatic N) is 8. The molecule has 0 fully saturated rings. The van der Waals surface area contributed by atoms with Crippen LogP contribution in [0.5, 0.6) is 0 Å². The van der Waals surface area contributed by atoms with Crippen molar-refractivity contribution in [2.24, 2.45) is 0 Å². The molecule has 0 amide bonds. The fourth-order valence-corrected chi connectivity index (χ4v) is 11.7. The molecule has 7 aromatic rings. The Balaban J connectivity index is 0.0000120. The summed E-state index contributed by atoms with van der Waals surface area (Å²) in [5.41, 5.74) is 18.9. The van der Waals surface area contributed by atoms with Gasteiger partial charge in [0.05, 0.1) is 79.2 Å². The first-order valence-electron chi connectivity index (χ1n) is 32.4. The van der Waals surface area contributed by atoms with Gasteiger partial charge in [0.1, 0.15) is 78.8 Å². The third-order valence-corrected chi connectivity index (χ3v) is 17.1. The summed E-state index contributed by atoms with van der Waals surface area (Å²) in [6.45, 7) is 27.8. The van der Waals surface area contributed by atoms with Gasteiger partial charge in [-0.05, 0) is 96.5 Å². The Morgan fingerprint density at radius 3 is 0.691 bits per heavy atom. The van der Waals surface area contributed by atoms with Crippen molar-refractivity contribution in [3.05, 3.63) is 215 Å². The third kappa shape index (κ3) is 19.5. The van der Waals surface area contributed by atoms with Crippen LogP contribution >= 0.6 is 0 Å². The van der Waals surface area contributed by atoms with E-state index in [1.54, 1.807) is 27.7 Å². The van der Waals surface area contributed by atoms with Crippen LogP contribution in [-0.2, 0) is 81.4 Å². The molecule has 0 atom stereocenters. The van der Waals surface area contributed by atoms with E-state index in [4.69, 9.17) is 38.9 Å². The van der Waals surface area contributed by atoms with E-state index in [1.807, 2.05) is 0 Å². The number of fused-ring (bicyclic) bond motifs is 8. The van der Waals surface area contributed by atoms with Crippen LogP contribution in [0.25, 0.3) is 90.9 Å². The number of esters is 4. The Kier molecular flexibility index (Phi) is 23.7. The molecule has 5 heterocycles. The first-order chi connectivity index (χ1) is 45.4. The molecule has 8 bridgehead atoms. The first-order valence-corrected chi connectivity index (χ1v) is 32.4. The standard InChI is InChI=1S/C80H92N8O8.Cu/c1-53(2)77(89)93-45-41-85(9,10)49-57-17-25-61(26-18-57)73-65-33-35-67(81-65)74(62-27-19-58(20-28-62)50-86(11,12)42-46-94-78(90)54(3)4)69-37-39-71(83-69)76(64-31-23-60(24-32-64)52-88(15,16)44-48-96-80(92)56(7)8)72-40-38-70(84-72)75(68-36-34-66(73)82-68)63-29-21-59(22-30-63)51-87(13,14)43-47-95-79(91)55(5)6;/h17-40H,1,3,5,7,41-52H2,2,4,6,8-16H3;/q2*+2. The van der Waals surface area contributed by atoms with E-state index in [2.05, 4.69) is 228 Å². The third-order valence-electron chi connectivity index (χ3n) is 17.1. The molecular formula is C80H92CuN8O8+4. The van der Waals surface area contributed by atoms with Crippen LogP contribution < -0.4 is 9.97 Å². The molecule has 507 valence electrons. The van der Waals surface area contributed by atoms with Gasteiger partial charge in [0.15, 0.2) is 0 Å². The van der Waals surface area contributed by atoms with Gasteiger partial charge >= 0.3 is 40.9 Å². The minimum atomic E-state index is -0.392. The normalized spacial score (nSPS) is 12.2. The van der Waals surface area contributed by atoms with Gasteiger partial charge in [0, 0.05) is 44.5 Å². The average molecular weight is 1360 g/mol. The van der Waals surface area contributed by atoms with Crippen LogP contribution in [0.2, 0.25) is 0 Å². The van der Waals surface area contributed by atoms with Crippen molar-refractivity contribution in [3.8, 4) is 44.5 Å². The Morgan fingerprint density at radius 2 is 0.515 bits per heavy atom. The zero-order valence-electron chi connectivity index (χ0n) is 58.3. The molecule has 0 spiro atoms. The monoisotopic (exact) mass is 1360 g/mol. The van der Waals surface area contributed by atoms with Crippen molar-refractivity contribution in [1.29, 1.82) is 0 Å².